The van der Waals surface area contributed by atoms with Crippen LogP contribution < -0.4 is 4.31 Å². The van der Waals surface area contributed by atoms with Crippen molar-refractivity contribution in [1.82, 2.24) is 9.80 Å². The number of urea groups is 1. The number of piperidine rings is 1. The first-order chi connectivity index (χ1) is 20.1. The Bertz CT molecular complexity index is 1710. The molecule has 5 rings (SSSR count). The Kier molecular flexibility index (Phi) is 8.51. The predicted octanol–water partition coefficient (Wildman–Crippen LogP) is 6.51. The largest absolute Gasteiger partial charge is 0.475 e. The normalized spacial score (nSPS) is 13.8. The summed E-state index contributed by atoms with van der Waals surface area (Å²) in [4.78, 5) is 28.7. The number of benzene rings is 2. The number of rotatable bonds is 9. The fourth-order valence-corrected chi connectivity index (χ4v) is 7.09. The zero-order valence-corrected chi connectivity index (χ0v) is 24.9. The molecule has 1 fully saturated rings. The zero-order chi connectivity index (χ0) is 30.0. The van der Waals surface area contributed by atoms with E-state index in [1.54, 1.807) is 55.3 Å². The number of likely N-dealkylation sites (tertiary alicyclic amines) is 1. The van der Waals surface area contributed by atoms with Gasteiger partial charge in [0.05, 0.1) is 29.9 Å². The molecule has 0 spiro atoms. The van der Waals surface area contributed by atoms with Gasteiger partial charge in [-0.15, -0.1) is 0 Å². The summed E-state index contributed by atoms with van der Waals surface area (Å²) in [5.74, 6) is -0.859. The molecular formula is C30H32ClN3O7S. The fourth-order valence-electron chi connectivity index (χ4n) is 5.36. The van der Waals surface area contributed by atoms with E-state index in [0.29, 0.717) is 46.1 Å². The standard InChI is InChI=1S/C30H32ClN3O7S/c1-3-34(42(38,39)24-10-12-27-25(17-24)20(2)28(41-27)29(35)36)26-11-9-22(31)16-21(26)18-33(19-23-8-7-15-40-23)30(37)32-13-5-4-6-14-32/h7-12,15-17H,3-6,13-14,18-19H2,1-2H3,(H,35,36). The highest BCUT2D eigenvalue weighted by Crippen LogP contribution is 2.33. The SMILES string of the molecule is CCN(c1ccc(Cl)cc1CN(Cc1ccco1)C(=O)N1CCCCC1)S(=O)(=O)c1ccc2oc(C(=O)O)c(C)c2c1. The number of aryl methyl sites for hydroxylation is 1. The number of carboxylic acids is 1. The lowest BCUT2D eigenvalue weighted by atomic mass is 10.1. The lowest BCUT2D eigenvalue weighted by Gasteiger charge is -2.34. The fraction of sp³-hybridized carbons (Fsp3) is 0.333. The molecule has 3 heterocycles. The lowest BCUT2D eigenvalue weighted by molar-refractivity contribution is 0.0664. The van der Waals surface area contributed by atoms with E-state index in [9.17, 15) is 23.1 Å². The molecule has 1 N–H and O–H groups in total. The van der Waals surface area contributed by atoms with Crippen molar-refractivity contribution in [2.75, 3.05) is 23.9 Å². The number of fused-ring (bicyclic) bond motifs is 1. The number of halogens is 1. The van der Waals surface area contributed by atoms with Gasteiger partial charge < -0.3 is 23.7 Å². The van der Waals surface area contributed by atoms with E-state index in [-0.39, 0.29) is 41.9 Å². The smallest absolute Gasteiger partial charge is 0.372 e. The number of carbonyl (C=O) groups excluding carboxylic acids is 1. The van der Waals surface area contributed by atoms with Gasteiger partial charge in [0, 0.05) is 35.6 Å². The molecule has 0 atom stereocenters. The second-order valence-electron chi connectivity index (χ2n) is 10.2. The summed E-state index contributed by atoms with van der Waals surface area (Å²) in [6.45, 7) is 5.01. The Labute approximate surface area is 249 Å². The van der Waals surface area contributed by atoms with Gasteiger partial charge in [-0.05, 0) is 87.2 Å². The van der Waals surface area contributed by atoms with Gasteiger partial charge in [0.25, 0.3) is 10.0 Å². The van der Waals surface area contributed by atoms with E-state index < -0.39 is 16.0 Å². The first kappa shape index (κ1) is 29.5. The number of hydrogen-bond acceptors (Lipinski definition) is 6. The highest BCUT2D eigenvalue weighted by molar-refractivity contribution is 7.92. The molecule has 1 aliphatic rings. The van der Waals surface area contributed by atoms with Gasteiger partial charge in [-0.2, -0.15) is 0 Å². The van der Waals surface area contributed by atoms with Gasteiger partial charge >= 0.3 is 12.0 Å². The third-order valence-corrected chi connectivity index (χ3v) is 9.59. The lowest BCUT2D eigenvalue weighted by Crippen LogP contribution is -2.45. The summed E-state index contributed by atoms with van der Waals surface area (Å²) in [6, 6.07) is 12.6. The van der Waals surface area contributed by atoms with Gasteiger partial charge in [0.1, 0.15) is 11.3 Å². The Hall–Kier alpha value is -3.96. The number of amides is 2. The Morgan fingerprint density at radius 2 is 1.81 bits per heavy atom. The minimum Gasteiger partial charge on any atom is -0.475 e. The third-order valence-electron chi connectivity index (χ3n) is 7.47. The van der Waals surface area contributed by atoms with E-state index >= 15 is 0 Å². The molecule has 4 aromatic rings. The van der Waals surface area contributed by atoms with Gasteiger partial charge in [0.2, 0.25) is 5.76 Å². The van der Waals surface area contributed by atoms with Crippen LogP contribution in [0.25, 0.3) is 11.0 Å². The quantitative estimate of drug-likeness (QED) is 0.228. The van der Waals surface area contributed by atoms with Crippen LogP contribution in [0.5, 0.6) is 0 Å². The van der Waals surface area contributed by atoms with E-state index in [1.165, 1.54) is 22.5 Å². The summed E-state index contributed by atoms with van der Waals surface area (Å²) < 4.78 is 40.4. The topological polar surface area (TPSA) is 125 Å². The van der Waals surface area contributed by atoms with Crippen LogP contribution >= 0.6 is 11.6 Å². The van der Waals surface area contributed by atoms with Gasteiger partial charge in [-0.1, -0.05) is 11.6 Å². The van der Waals surface area contributed by atoms with Crippen molar-refractivity contribution in [2.45, 2.75) is 51.1 Å². The van der Waals surface area contributed by atoms with Crippen molar-refractivity contribution in [3.05, 3.63) is 82.5 Å². The average Bonchev–Trinajstić information content (AvgIpc) is 3.61. The minimum atomic E-state index is -4.12. The zero-order valence-electron chi connectivity index (χ0n) is 23.4. The molecule has 1 aliphatic heterocycles. The van der Waals surface area contributed by atoms with Crippen molar-refractivity contribution in [3.8, 4) is 0 Å². The molecule has 42 heavy (non-hydrogen) atoms. The molecule has 10 nitrogen and oxygen atoms in total. The molecule has 0 unspecified atom stereocenters. The molecule has 2 aromatic heterocycles. The molecule has 0 radical (unpaired) electrons. The van der Waals surface area contributed by atoms with Crippen LogP contribution in [0.1, 0.15) is 53.6 Å². The van der Waals surface area contributed by atoms with Crippen molar-refractivity contribution in [3.63, 3.8) is 0 Å². The van der Waals surface area contributed by atoms with Crippen molar-refractivity contribution < 1.29 is 31.9 Å². The maximum absolute atomic E-state index is 14.1. The predicted molar refractivity (Wildman–Crippen MR) is 158 cm³/mol. The number of aromatic carboxylic acids is 1. The van der Waals surface area contributed by atoms with Crippen molar-refractivity contribution in [2.24, 2.45) is 0 Å². The number of anilines is 1. The highest BCUT2D eigenvalue weighted by Gasteiger charge is 2.30. The molecule has 1 saturated heterocycles. The third kappa shape index (κ3) is 5.84. The van der Waals surface area contributed by atoms with Crippen molar-refractivity contribution >= 4 is 50.3 Å². The Balaban J connectivity index is 1.53. The summed E-state index contributed by atoms with van der Waals surface area (Å²) in [7, 11) is -4.12. The van der Waals surface area contributed by atoms with Crippen LogP contribution in [0.4, 0.5) is 10.5 Å². The summed E-state index contributed by atoms with van der Waals surface area (Å²) in [5, 5.41) is 10.2. The van der Waals surface area contributed by atoms with Gasteiger partial charge in [-0.25, -0.2) is 18.0 Å². The van der Waals surface area contributed by atoms with E-state index in [1.807, 2.05) is 4.90 Å². The molecule has 12 heteroatoms. The number of carbonyl (C=O) groups is 2. The second kappa shape index (κ2) is 12.1. The molecule has 0 bridgehead atoms. The molecule has 222 valence electrons. The summed E-state index contributed by atoms with van der Waals surface area (Å²) >= 11 is 6.40. The maximum atomic E-state index is 14.1. The van der Waals surface area contributed by atoms with Crippen LogP contribution in [0.2, 0.25) is 5.02 Å². The summed E-state index contributed by atoms with van der Waals surface area (Å²) in [5.41, 5.74) is 1.56. The van der Waals surface area contributed by atoms with Gasteiger partial charge in [-0.3, -0.25) is 4.31 Å². The number of furan rings is 2. The Morgan fingerprint density at radius 1 is 1.05 bits per heavy atom. The molecular weight excluding hydrogens is 582 g/mol. The number of carboxylic acid groups (broad SMARTS) is 1. The van der Waals surface area contributed by atoms with E-state index in [0.717, 1.165) is 19.3 Å². The van der Waals surface area contributed by atoms with Crippen LogP contribution in [0.3, 0.4) is 0 Å². The van der Waals surface area contributed by atoms with E-state index in [2.05, 4.69) is 0 Å². The maximum Gasteiger partial charge on any atom is 0.372 e. The van der Waals surface area contributed by atoms with Crippen molar-refractivity contribution in [1.29, 1.82) is 0 Å². The molecule has 0 aliphatic carbocycles. The molecule has 2 amide bonds. The van der Waals surface area contributed by atoms with E-state index in [4.69, 9.17) is 20.4 Å². The first-order valence-corrected chi connectivity index (χ1v) is 15.6. The van der Waals surface area contributed by atoms with Crippen LogP contribution in [-0.4, -0.2) is 55.0 Å². The number of hydrogen-bond donors (Lipinski definition) is 1. The second-order valence-corrected chi connectivity index (χ2v) is 12.5. The monoisotopic (exact) mass is 613 g/mol. The Morgan fingerprint density at radius 3 is 2.48 bits per heavy atom. The van der Waals surface area contributed by atoms with Gasteiger partial charge in [0.15, 0.2) is 0 Å². The summed E-state index contributed by atoms with van der Waals surface area (Å²) in [6.07, 6.45) is 4.48. The average molecular weight is 614 g/mol. The first-order valence-electron chi connectivity index (χ1n) is 13.7. The number of nitrogens with zero attached hydrogens (tertiary/aromatic N) is 3. The highest BCUT2D eigenvalue weighted by atomic mass is 35.5. The van der Waals surface area contributed by atoms with Crippen LogP contribution in [-0.2, 0) is 23.1 Å². The number of sulfonamides is 1. The van der Waals surface area contributed by atoms with Crippen LogP contribution in [0, 0.1) is 6.92 Å². The molecule has 2 aromatic carbocycles. The molecule has 0 saturated carbocycles. The van der Waals surface area contributed by atoms with Crippen LogP contribution in [0.15, 0.2) is 68.5 Å². The minimum absolute atomic E-state index is 0.0181.